The third-order valence-electron chi connectivity index (χ3n) is 3.71. The molecule has 5 nitrogen and oxygen atoms in total. The van der Waals surface area contributed by atoms with Gasteiger partial charge in [0.05, 0.1) is 18.5 Å². The number of carbonyl (C=O) groups excluding carboxylic acids is 1. The van der Waals surface area contributed by atoms with E-state index < -0.39 is 10.0 Å². The van der Waals surface area contributed by atoms with Gasteiger partial charge in [-0.05, 0) is 29.8 Å². The molecule has 2 aromatic rings. The average Bonchev–Trinajstić information content (AvgIpc) is 2.59. The molecule has 1 amide bonds. The zero-order chi connectivity index (χ0) is 18.4. The molecule has 0 aliphatic carbocycles. The number of rotatable bonds is 7. The van der Waals surface area contributed by atoms with E-state index in [1.807, 2.05) is 30.3 Å². The van der Waals surface area contributed by atoms with Gasteiger partial charge >= 0.3 is 0 Å². The summed E-state index contributed by atoms with van der Waals surface area (Å²) in [6.07, 6.45) is 2.66. The lowest BCUT2D eigenvalue weighted by Crippen LogP contribution is -2.30. The van der Waals surface area contributed by atoms with Crippen LogP contribution in [0, 0.1) is 0 Å². The zero-order valence-corrected chi connectivity index (χ0v) is 15.2. The van der Waals surface area contributed by atoms with Crippen LogP contribution >= 0.6 is 0 Å². The summed E-state index contributed by atoms with van der Waals surface area (Å²) in [5, 5.41) is 0. The fourth-order valence-corrected chi connectivity index (χ4v) is 3.35. The number of hydrogen-bond donors (Lipinski definition) is 0. The van der Waals surface area contributed by atoms with Gasteiger partial charge in [-0.15, -0.1) is 6.58 Å². The molecule has 0 saturated heterocycles. The molecule has 0 bridgehead atoms. The summed E-state index contributed by atoms with van der Waals surface area (Å²) in [7, 11) is -1.66. The monoisotopic (exact) mass is 358 g/mol. The summed E-state index contributed by atoms with van der Waals surface area (Å²) >= 11 is 0. The van der Waals surface area contributed by atoms with Crippen LogP contribution in [0.25, 0.3) is 0 Å². The quantitative estimate of drug-likeness (QED) is 0.715. The third-order valence-corrected chi connectivity index (χ3v) is 4.87. The van der Waals surface area contributed by atoms with Gasteiger partial charge in [-0.1, -0.05) is 36.4 Å². The predicted molar refractivity (Wildman–Crippen MR) is 101 cm³/mol. The summed E-state index contributed by atoms with van der Waals surface area (Å²) in [6, 6.07) is 16.3. The maximum absolute atomic E-state index is 12.5. The first-order chi connectivity index (χ1) is 11.8. The summed E-state index contributed by atoms with van der Waals surface area (Å²) in [4.78, 5) is 14.2. The lowest BCUT2D eigenvalue weighted by atomic mass is 10.1. The minimum absolute atomic E-state index is 0.120. The molecule has 0 atom stereocenters. The molecule has 0 saturated carbocycles. The molecule has 0 spiro atoms. The SMILES string of the molecule is C=CCN(c1ccc(C(=O)N(C)Cc2ccccc2)cc1)S(C)(=O)=O. The molecule has 0 heterocycles. The van der Waals surface area contributed by atoms with Gasteiger partial charge in [0.15, 0.2) is 0 Å². The maximum Gasteiger partial charge on any atom is 0.253 e. The van der Waals surface area contributed by atoms with Crippen molar-refractivity contribution in [2.75, 3.05) is 24.2 Å². The number of nitrogens with zero attached hydrogens (tertiary/aromatic N) is 2. The van der Waals surface area contributed by atoms with Gasteiger partial charge in [0.2, 0.25) is 10.0 Å². The predicted octanol–water partition coefficient (Wildman–Crippen LogP) is 2.91. The lowest BCUT2D eigenvalue weighted by Gasteiger charge is -2.21. The van der Waals surface area contributed by atoms with Crippen LogP contribution in [-0.2, 0) is 16.6 Å². The van der Waals surface area contributed by atoms with Gasteiger partial charge in [-0.2, -0.15) is 0 Å². The molecule has 0 aliphatic rings. The molecule has 25 heavy (non-hydrogen) atoms. The molecule has 132 valence electrons. The average molecular weight is 358 g/mol. The fraction of sp³-hybridized carbons (Fsp3) is 0.211. The fourth-order valence-electron chi connectivity index (χ4n) is 2.47. The first-order valence-corrected chi connectivity index (χ1v) is 9.66. The summed E-state index contributed by atoms with van der Waals surface area (Å²) in [6.45, 7) is 4.27. The van der Waals surface area contributed by atoms with Crippen LogP contribution in [-0.4, -0.2) is 39.1 Å². The van der Waals surface area contributed by atoms with Crippen LogP contribution in [0.1, 0.15) is 15.9 Å². The second-order valence-electron chi connectivity index (χ2n) is 5.78. The van der Waals surface area contributed by atoms with Crippen LogP contribution in [0.2, 0.25) is 0 Å². The summed E-state index contributed by atoms with van der Waals surface area (Å²) < 4.78 is 24.9. The molecule has 6 heteroatoms. The van der Waals surface area contributed by atoms with E-state index in [-0.39, 0.29) is 12.5 Å². The Balaban J connectivity index is 2.15. The Hall–Kier alpha value is -2.60. The van der Waals surface area contributed by atoms with Crippen molar-refractivity contribution in [2.45, 2.75) is 6.54 Å². The molecular formula is C19H22N2O3S. The van der Waals surface area contributed by atoms with Gasteiger partial charge in [0.25, 0.3) is 5.91 Å². The molecule has 0 aromatic heterocycles. The van der Waals surface area contributed by atoms with E-state index in [4.69, 9.17) is 0 Å². The molecule has 0 radical (unpaired) electrons. The lowest BCUT2D eigenvalue weighted by molar-refractivity contribution is 0.0785. The van der Waals surface area contributed by atoms with Gasteiger partial charge in [-0.25, -0.2) is 8.42 Å². The first kappa shape index (κ1) is 18.7. The minimum Gasteiger partial charge on any atom is -0.337 e. The van der Waals surface area contributed by atoms with Gasteiger partial charge in [0.1, 0.15) is 0 Å². The Labute approximate surface area is 149 Å². The number of benzene rings is 2. The molecule has 2 aromatic carbocycles. The summed E-state index contributed by atoms with van der Waals surface area (Å²) in [5.41, 5.74) is 2.06. The molecule has 0 fully saturated rings. The second-order valence-corrected chi connectivity index (χ2v) is 7.68. The Morgan fingerprint density at radius 2 is 1.68 bits per heavy atom. The highest BCUT2D eigenvalue weighted by atomic mass is 32.2. The van der Waals surface area contributed by atoms with E-state index in [2.05, 4.69) is 6.58 Å². The van der Waals surface area contributed by atoms with Crippen molar-refractivity contribution < 1.29 is 13.2 Å². The number of sulfonamides is 1. The van der Waals surface area contributed by atoms with Crippen molar-refractivity contribution >= 4 is 21.6 Å². The van der Waals surface area contributed by atoms with Crippen molar-refractivity contribution in [2.24, 2.45) is 0 Å². The molecule has 2 rings (SSSR count). The molecule has 0 unspecified atom stereocenters. The highest BCUT2D eigenvalue weighted by Gasteiger charge is 2.17. The van der Waals surface area contributed by atoms with Gasteiger partial charge in [0, 0.05) is 19.2 Å². The van der Waals surface area contributed by atoms with E-state index in [1.165, 1.54) is 10.4 Å². The van der Waals surface area contributed by atoms with Crippen LogP contribution in [0.4, 0.5) is 5.69 Å². The molecule has 0 aliphatic heterocycles. The van der Waals surface area contributed by atoms with E-state index in [0.29, 0.717) is 17.8 Å². The Kier molecular flexibility index (Phi) is 5.98. The second kappa shape index (κ2) is 7.98. The van der Waals surface area contributed by atoms with Gasteiger partial charge < -0.3 is 4.90 Å². The van der Waals surface area contributed by atoms with Crippen LogP contribution in [0.5, 0.6) is 0 Å². The Morgan fingerprint density at radius 1 is 1.08 bits per heavy atom. The normalized spacial score (nSPS) is 11.0. The van der Waals surface area contributed by atoms with Crippen molar-refractivity contribution in [3.05, 3.63) is 78.4 Å². The van der Waals surface area contributed by atoms with Crippen molar-refractivity contribution in [1.82, 2.24) is 4.90 Å². The molecule has 0 N–H and O–H groups in total. The third kappa shape index (κ3) is 4.93. The first-order valence-electron chi connectivity index (χ1n) is 7.81. The largest absolute Gasteiger partial charge is 0.337 e. The highest BCUT2D eigenvalue weighted by Crippen LogP contribution is 2.19. The zero-order valence-electron chi connectivity index (χ0n) is 14.4. The minimum atomic E-state index is -3.40. The Bertz CT molecular complexity index is 831. The standard InChI is InChI=1S/C19H22N2O3S/c1-4-14-21(25(3,23)24)18-12-10-17(11-13-18)19(22)20(2)15-16-8-6-5-7-9-16/h4-13H,1,14-15H2,2-3H3. The number of hydrogen-bond acceptors (Lipinski definition) is 3. The van der Waals surface area contributed by atoms with Crippen LogP contribution in [0.15, 0.2) is 67.3 Å². The smallest absolute Gasteiger partial charge is 0.253 e. The number of amides is 1. The van der Waals surface area contributed by atoms with E-state index >= 15 is 0 Å². The number of anilines is 1. The summed E-state index contributed by atoms with van der Waals surface area (Å²) in [5.74, 6) is -0.120. The van der Waals surface area contributed by atoms with E-state index in [0.717, 1.165) is 11.8 Å². The van der Waals surface area contributed by atoms with E-state index in [1.54, 1.807) is 36.2 Å². The van der Waals surface area contributed by atoms with Crippen molar-refractivity contribution in [3.8, 4) is 0 Å². The van der Waals surface area contributed by atoms with Crippen molar-refractivity contribution in [3.63, 3.8) is 0 Å². The van der Waals surface area contributed by atoms with Crippen molar-refractivity contribution in [1.29, 1.82) is 0 Å². The van der Waals surface area contributed by atoms with Gasteiger partial charge in [-0.3, -0.25) is 9.10 Å². The number of carbonyl (C=O) groups is 1. The Morgan fingerprint density at radius 3 is 2.20 bits per heavy atom. The van der Waals surface area contributed by atoms with Crippen LogP contribution in [0.3, 0.4) is 0 Å². The molecular weight excluding hydrogens is 336 g/mol. The van der Waals surface area contributed by atoms with Crippen LogP contribution < -0.4 is 4.31 Å². The topological polar surface area (TPSA) is 57.7 Å². The van der Waals surface area contributed by atoms with E-state index in [9.17, 15) is 13.2 Å². The maximum atomic E-state index is 12.5. The highest BCUT2D eigenvalue weighted by molar-refractivity contribution is 7.92.